The predicted molar refractivity (Wildman–Crippen MR) is 103 cm³/mol. The van der Waals surface area contributed by atoms with E-state index in [0.29, 0.717) is 11.4 Å². The van der Waals surface area contributed by atoms with Crippen LogP contribution in [0.5, 0.6) is 0 Å². The van der Waals surface area contributed by atoms with Crippen LogP contribution in [0.2, 0.25) is 0 Å². The van der Waals surface area contributed by atoms with Crippen LogP contribution in [0.1, 0.15) is 23.9 Å². The minimum absolute atomic E-state index is 0.0650. The molecule has 0 radical (unpaired) electrons. The summed E-state index contributed by atoms with van der Waals surface area (Å²) in [5.74, 6) is -1.31. The Hall–Kier alpha value is -3.42. The van der Waals surface area contributed by atoms with Crippen molar-refractivity contribution in [2.45, 2.75) is 20.8 Å². The molecule has 2 aromatic rings. The summed E-state index contributed by atoms with van der Waals surface area (Å²) < 4.78 is 1.67. The lowest BCUT2D eigenvalue weighted by atomic mass is 10.2. The van der Waals surface area contributed by atoms with Crippen LogP contribution in [-0.4, -0.2) is 34.0 Å². The normalized spacial score (nSPS) is 11.0. The van der Waals surface area contributed by atoms with Crippen molar-refractivity contribution in [2.24, 2.45) is 7.05 Å². The molecule has 0 bridgehead atoms. The van der Waals surface area contributed by atoms with Gasteiger partial charge < -0.3 is 16.0 Å². The fourth-order valence-electron chi connectivity index (χ4n) is 2.46. The van der Waals surface area contributed by atoms with Crippen LogP contribution in [-0.2, 0) is 21.4 Å². The Morgan fingerprint density at radius 3 is 2.37 bits per heavy atom. The van der Waals surface area contributed by atoms with Crippen molar-refractivity contribution in [1.82, 2.24) is 20.4 Å². The average molecular weight is 369 g/mol. The molecule has 8 heteroatoms. The van der Waals surface area contributed by atoms with Crippen LogP contribution >= 0.6 is 0 Å². The van der Waals surface area contributed by atoms with Gasteiger partial charge in [-0.05, 0) is 25.5 Å². The Kier molecular flexibility index (Phi) is 6.48. The van der Waals surface area contributed by atoms with E-state index in [1.54, 1.807) is 36.9 Å². The highest BCUT2D eigenvalue weighted by atomic mass is 16.2. The predicted octanol–water partition coefficient (Wildman–Crippen LogP) is 1.27. The SMILES string of the molecule is CC(=O)N/C(=C\c1ccccc1)C(=O)NCC(=O)Nc1c(C)nn(C)c1C. The molecule has 0 fully saturated rings. The summed E-state index contributed by atoms with van der Waals surface area (Å²) in [5.41, 5.74) is 2.95. The van der Waals surface area contributed by atoms with Gasteiger partial charge in [-0.15, -0.1) is 0 Å². The number of carbonyl (C=O) groups excluding carboxylic acids is 3. The van der Waals surface area contributed by atoms with E-state index in [1.807, 2.05) is 25.1 Å². The smallest absolute Gasteiger partial charge is 0.268 e. The third-order valence-corrected chi connectivity index (χ3v) is 3.85. The molecular weight excluding hydrogens is 346 g/mol. The molecule has 0 unspecified atom stereocenters. The first-order valence-corrected chi connectivity index (χ1v) is 8.40. The molecule has 1 heterocycles. The lowest BCUT2D eigenvalue weighted by Gasteiger charge is -2.10. The summed E-state index contributed by atoms with van der Waals surface area (Å²) in [6.45, 7) is 4.70. The zero-order chi connectivity index (χ0) is 20.0. The van der Waals surface area contributed by atoms with E-state index in [4.69, 9.17) is 0 Å². The van der Waals surface area contributed by atoms with Gasteiger partial charge in [0.15, 0.2) is 0 Å². The fourth-order valence-corrected chi connectivity index (χ4v) is 2.46. The lowest BCUT2D eigenvalue weighted by molar-refractivity contribution is -0.123. The summed E-state index contributed by atoms with van der Waals surface area (Å²) in [6.07, 6.45) is 1.55. The number of anilines is 1. The number of hydrogen-bond donors (Lipinski definition) is 3. The molecule has 0 atom stereocenters. The molecule has 0 aliphatic carbocycles. The number of nitrogens with zero attached hydrogens (tertiary/aromatic N) is 2. The monoisotopic (exact) mass is 369 g/mol. The van der Waals surface area contributed by atoms with Gasteiger partial charge >= 0.3 is 0 Å². The number of hydrogen-bond acceptors (Lipinski definition) is 4. The minimum atomic E-state index is -0.552. The summed E-state index contributed by atoms with van der Waals surface area (Å²) in [4.78, 5) is 35.9. The van der Waals surface area contributed by atoms with Crippen molar-refractivity contribution in [3.05, 3.63) is 53.0 Å². The van der Waals surface area contributed by atoms with Crippen LogP contribution in [0.25, 0.3) is 6.08 Å². The number of carbonyl (C=O) groups is 3. The van der Waals surface area contributed by atoms with Crippen molar-refractivity contribution in [3.63, 3.8) is 0 Å². The summed E-state index contributed by atoms with van der Waals surface area (Å²) in [7, 11) is 1.79. The van der Waals surface area contributed by atoms with E-state index in [0.717, 1.165) is 11.3 Å². The molecule has 3 N–H and O–H groups in total. The highest BCUT2D eigenvalue weighted by molar-refractivity contribution is 6.03. The highest BCUT2D eigenvalue weighted by Crippen LogP contribution is 2.17. The van der Waals surface area contributed by atoms with Crippen molar-refractivity contribution in [2.75, 3.05) is 11.9 Å². The van der Waals surface area contributed by atoms with Crippen LogP contribution < -0.4 is 16.0 Å². The quantitative estimate of drug-likeness (QED) is 0.667. The maximum atomic E-state index is 12.4. The van der Waals surface area contributed by atoms with Gasteiger partial charge in [0.25, 0.3) is 5.91 Å². The number of aryl methyl sites for hydroxylation is 2. The second-order valence-electron chi connectivity index (χ2n) is 6.05. The van der Waals surface area contributed by atoms with Gasteiger partial charge in [0.05, 0.1) is 23.6 Å². The molecular formula is C19H23N5O3. The highest BCUT2D eigenvalue weighted by Gasteiger charge is 2.15. The van der Waals surface area contributed by atoms with Gasteiger partial charge in [-0.3, -0.25) is 19.1 Å². The molecule has 0 aliphatic heterocycles. The average Bonchev–Trinajstić information content (AvgIpc) is 2.86. The maximum Gasteiger partial charge on any atom is 0.268 e. The Bertz CT molecular complexity index is 884. The Morgan fingerprint density at radius 2 is 1.81 bits per heavy atom. The Morgan fingerprint density at radius 1 is 1.15 bits per heavy atom. The third kappa shape index (κ3) is 5.53. The van der Waals surface area contributed by atoms with Crippen LogP contribution in [0.3, 0.4) is 0 Å². The second-order valence-corrected chi connectivity index (χ2v) is 6.05. The van der Waals surface area contributed by atoms with E-state index < -0.39 is 5.91 Å². The molecule has 1 aromatic heterocycles. The molecule has 0 spiro atoms. The lowest BCUT2D eigenvalue weighted by Crippen LogP contribution is -2.38. The number of amides is 3. The van der Waals surface area contributed by atoms with Crippen molar-refractivity contribution >= 4 is 29.5 Å². The van der Waals surface area contributed by atoms with Gasteiger partial charge in [-0.25, -0.2) is 0 Å². The first-order chi connectivity index (χ1) is 12.8. The topological polar surface area (TPSA) is 105 Å². The molecule has 0 aliphatic rings. The third-order valence-electron chi connectivity index (χ3n) is 3.85. The number of benzene rings is 1. The maximum absolute atomic E-state index is 12.4. The molecule has 0 saturated heterocycles. The molecule has 27 heavy (non-hydrogen) atoms. The Balaban J connectivity index is 2.03. The molecule has 0 saturated carbocycles. The van der Waals surface area contributed by atoms with E-state index in [1.165, 1.54) is 6.92 Å². The van der Waals surface area contributed by atoms with Gasteiger partial charge in [0.2, 0.25) is 11.8 Å². The second kappa shape index (κ2) is 8.79. The zero-order valence-electron chi connectivity index (χ0n) is 15.8. The molecule has 2 rings (SSSR count). The number of nitrogens with one attached hydrogen (secondary N) is 3. The van der Waals surface area contributed by atoms with Gasteiger partial charge in [-0.1, -0.05) is 30.3 Å². The van der Waals surface area contributed by atoms with E-state index in [9.17, 15) is 14.4 Å². The van der Waals surface area contributed by atoms with Crippen LogP contribution in [0.4, 0.5) is 5.69 Å². The number of aromatic nitrogens is 2. The molecule has 1 aromatic carbocycles. The van der Waals surface area contributed by atoms with E-state index in [2.05, 4.69) is 21.0 Å². The van der Waals surface area contributed by atoms with Crippen molar-refractivity contribution in [1.29, 1.82) is 0 Å². The summed E-state index contributed by atoms with van der Waals surface area (Å²) in [6, 6.07) is 9.09. The van der Waals surface area contributed by atoms with Gasteiger partial charge in [0, 0.05) is 14.0 Å². The van der Waals surface area contributed by atoms with Gasteiger partial charge in [-0.2, -0.15) is 5.10 Å². The van der Waals surface area contributed by atoms with Crippen LogP contribution in [0, 0.1) is 13.8 Å². The number of rotatable bonds is 6. The molecule has 8 nitrogen and oxygen atoms in total. The largest absolute Gasteiger partial charge is 0.342 e. The first kappa shape index (κ1) is 19.9. The first-order valence-electron chi connectivity index (χ1n) is 8.40. The van der Waals surface area contributed by atoms with Crippen molar-refractivity contribution in [3.8, 4) is 0 Å². The Labute approximate surface area is 157 Å². The zero-order valence-corrected chi connectivity index (χ0v) is 15.8. The minimum Gasteiger partial charge on any atom is -0.342 e. The van der Waals surface area contributed by atoms with E-state index >= 15 is 0 Å². The summed E-state index contributed by atoms with van der Waals surface area (Å²) >= 11 is 0. The van der Waals surface area contributed by atoms with E-state index in [-0.39, 0.29) is 24.1 Å². The van der Waals surface area contributed by atoms with Gasteiger partial charge in [0.1, 0.15) is 5.70 Å². The van der Waals surface area contributed by atoms with Crippen LogP contribution in [0.15, 0.2) is 36.0 Å². The summed E-state index contributed by atoms with van der Waals surface area (Å²) in [5, 5.41) is 12.0. The molecule has 142 valence electrons. The fraction of sp³-hybridized carbons (Fsp3) is 0.263. The van der Waals surface area contributed by atoms with Crippen molar-refractivity contribution < 1.29 is 14.4 Å². The molecule has 3 amide bonds. The standard InChI is InChI=1S/C19H23N5O3/c1-12-18(13(2)24(4)23-12)22-17(26)11-20-19(27)16(21-14(3)25)10-15-8-6-5-7-9-15/h5-10H,11H2,1-4H3,(H,20,27)(H,21,25)(H,22,26)/b16-10-.